The van der Waals surface area contributed by atoms with Crippen LogP contribution in [0.1, 0.15) is 39.7 Å². The smallest absolute Gasteiger partial charge is 0.415 e. The molecule has 8 nitrogen and oxygen atoms in total. The van der Waals surface area contributed by atoms with Crippen molar-refractivity contribution in [2.45, 2.75) is 62.4 Å². The molecule has 1 amide bonds. The number of ether oxygens (including phenoxy) is 2. The van der Waals surface area contributed by atoms with Gasteiger partial charge in [-0.2, -0.15) is 0 Å². The topological polar surface area (TPSA) is 80.7 Å². The highest BCUT2D eigenvalue weighted by Gasteiger charge is 2.55. The minimum absolute atomic E-state index is 0.0567. The summed E-state index contributed by atoms with van der Waals surface area (Å²) >= 11 is 1.52. The zero-order valence-corrected chi connectivity index (χ0v) is 19.3. The molecule has 0 aliphatic carbocycles. The maximum atomic E-state index is 12.3. The van der Waals surface area contributed by atoms with Crippen LogP contribution in [0.3, 0.4) is 0 Å². The Bertz CT molecular complexity index is 1050. The Morgan fingerprint density at radius 3 is 2.58 bits per heavy atom. The number of fused-ring (bicyclic) bond motifs is 3. The van der Waals surface area contributed by atoms with Crippen molar-refractivity contribution in [2.75, 3.05) is 29.3 Å². The van der Waals surface area contributed by atoms with Crippen LogP contribution in [0.25, 0.3) is 0 Å². The summed E-state index contributed by atoms with van der Waals surface area (Å²) in [5.41, 5.74) is 0.566. The number of rotatable bonds is 3. The van der Waals surface area contributed by atoms with E-state index in [0.717, 1.165) is 28.8 Å². The van der Waals surface area contributed by atoms with Gasteiger partial charge in [0, 0.05) is 17.2 Å². The molecular weight excluding hydrogens is 414 g/mol. The second-order valence-electron chi connectivity index (χ2n) is 9.30. The number of aromatic nitrogens is 3. The zero-order valence-electron chi connectivity index (χ0n) is 18.5. The van der Waals surface area contributed by atoms with Gasteiger partial charge in [0.1, 0.15) is 24.1 Å². The summed E-state index contributed by atoms with van der Waals surface area (Å²) < 4.78 is 11.4. The molecule has 0 bridgehead atoms. The van der Waals surface area contributed by atoms with Crippen molar-refractivity contribution in [1.82, 2.24) is 15.0 Å². The van der Waals surface area contributed by atoms with Crippen LogP contribution >= 0.6 is 11.8 Å². The van der Waals surface area contributed by atoms with E-state index in [2.05, 4.69) is 30.7 Å². The lowest BCUT2D eigenvalue weighted by molar-refractivity contribution is -0.0893. The summed E-state index contributed by atoms with van der Waals surface area (Å²) in [6.07, 6.45) is 4.37. The van der Waals surface area contributed by atoms with E-state index in [1.54, 1.807) is 4.90 Å². The fourth-order valence-electron chi connectivity index (χ4n) is 4.80. The molecule has 2 fully saturated rings. The van der Waals surface area contributed by atoms with E-state index < -0.39 is 0 Å². The summed E-state index contributed by atoms with van der Waals surface area (Å²) in [4.78, 5) is 30.4. The van der Waals surface area contributed by atoms with Crippen molar-refractivity contribution < 1.29 is 14.3 Å². The third-order valence-electron chi connectivity index (χ3n) is 6.57. The van der Waals surface area contributed by atoms with Crippen LogP contribution in [0.5, 0.6) is 0 Å². The minimum Gasteiger partial charge on any atom is -0.447 e. The van der Waals surface area contributed by atoms with Crippen molar-refractivity contribution >= 4 is 35.3 Å². The average Bonchev–Trinajstić information content (AvgIpc) is 3.20. The average molecular weight is 442 g/mol. The number of carbonyl (C=O) groups excluding carboxylic acids is 1. The zero-order chi connectivity index (χ0) is 22.0. The van der Waals surface area contributed by atoms with Crippen LogP contribution < -0.4 is 9.80 Å². The first-order chi connectivity index (χ1) is 14.7. The van der Waals surface area contributed by atoms with E-state index in [1.807, 2.05) is 37.6 Å². The molecule has 31 heavy (non-hydrogen) atoms. The van der Waals surface area contributed by atoms with Gasteiger partial charge < -0.3 is 14.4 Å². The minimum atomic E-state index is -0.358. The normalized spacial score (nSPS) is 29.0. The SMILES string of the molecule is CSc1ncc2c(n1)N(c1cccc(N3C(=O)OC[C@@H]3C)n1)[C@@H]1CC(C)(C)OC[C@]21C. The Morgan fingerprint density at radius 2 is 1.90 bits per heavy atom. The predicted molar refractivity (Wildman–Crippen MR) is 119 cm³/mol. The molecule has 9 heteroatoms. The van der Waals surface area contributed by atoms with Gasteiger partial charge in [-0.3, -0.25) is 4.90 Å². The molecule has 5 rings (SSSR count). The molecule has 2 aromatic rings. The predicted octanol–water partition coefficient (Wildman–Crippen LogP) is 3.92. The van der Waals surface area contributed by atoms with Crippen LogP contribution in [0.15, 0.2) is 29.6 Å². The Kier molecular flexibility index (Phi) is 4.67. The molecular formula is C22H27N5O3S. The Hall–Kier alpha value is -2.39. The first kappa shape index (κ1) is 20.5. The maximum Gasteiger partial charge on any atom is 0.415 e. The second kappa shape index (κ2) is 7.06. The number of anilines is 3. The standard InChI is InChI=1S/C22H27N5O3S/c1-13-11-29-20(28)26(13)16-7-6-8-17(24-16)27-15-9-21(2,3)30-12-22(15,4)14-10-23-19(31-5)25-18(14)27/h6-8,10,13,15H,9,11-12H2,1-5H3/t13-,15+,22+/m0/s1. The third-order valence-corrected chi connectivity index (χ3v) is 7.13. The van der Waals surface area contributed by atoms with Crippen LogP contribution in [0.2, 0.25) is 0 Å². The van der Waals surface area contributed by atoms with Gasteiger partial charge >= 0.3 is 6.09 Å². The lowest BCUT2D eigenvalue weighted by Gasteiger charge is -2.46. The lowest BCUT2D eigenvalue weighted by Crippen LogP contribution is -2.54. The number of thioether (sulfide) groups is 1. The van der Waals surface area contributed by atoms with E-state index in [0.29, 0.717) is 19.0 Å². The Balaban J connectivity index is 1.64. The number of carbonyl (C=O) groups is 1. The number of hydrogen-bond acceptors (Lipinski definition) is 8. The highest BCUT2D eigenvalue weighted by molar-refractivity contribution is 7.98. The van der Waals surface area contributed by atoms with Gasteiger partial charge in [-0.15, -0.1) is 0 Å². The Morgan fingerprint density at radius 1 is 1.16 bits per heavy atom. The molecule has 0 N–H and O–H groups in total. The molecule has 2 saturated heterocycles. The molecule has 0 aromatic carbocycles. The van der Waals surface area contributed by atoms with Gasteiger partial charge in [0.2, 0.25) is 0 Å². The molecule has 2 aromatic heterocycles. The number of amides is 1. The van der Waals surface area contributed by atoms with E-state index >= 15 is 0 Å². The van der Waals surface area contributed by atoms with Crippen molar-refractivity contribution in [3.05, 3.63) is 30.0 Å². The molecule has 0 radical (unpaired) electrons. The molecule has 5 heterocycles. The first-order valence-electron chi connectivity index (χ1n) is 10.5. The summed E-state index contributed by atoms with van der Waals surface area (Å²) in [6, 6.07) is 5.83. The van der Waals surface area contributed by atoms with Crippen LogP contribution in [-0.4, -0.2) is 58.2 Å². The van der Waals surface area contributed by atoms with Gasteiger partial charge in [-0.25, -0.2) is 19.7 Å². The largest absolute Gasteiger partial charge is 0.447 e. The molecule has 0 spiro atoms. The maximum absolute atomic E-state index is 12.3. The van der Waals surface area contributed by atoms with Gasteiger partial charge in [0.15, 0.2) is 5.16 Å². The Labute approximate surface area is 186 Å². The molecule has 0 unspecified atom stereocenters. The van der Waals surface area contributed by atoms with Gasteiger partial charge in [-0.05, 0) is 45.6 Å². The number of nitrogens with zero attached hydrogens (tertiary/aromatic N) is 5. The van der Waals surface area contributed by atoms with Gasteiger partial charge in [-0.1, -0.05) is 24.8 Å². The number of pyridine rings is 1. The monoisotopic (exact) mass is 441 g/mol. The van der Waals surface area contributed by atoms with Gasteiger partial charge in [0.25, 0.3) is 0 Å². The lowest BCUT2D eigenvalue weighted by atomic mass is 9.73. The molecule has 3 aliphatic rings. The molecule has 3 aliphatic heterocycles. The highest BCUT2D eigenvalue weighted by atomic mass is 32.2. The summed E-state index contributed by atoms with van der Waals surface area (Å²) in [5, 5.41) is 0.721. The van der Waals surface area contributed by atoms with Crippen LogP contribution in [0, 0.1) is 0 Å². The van der Waals surface area contributed by atoms with E-state index in [9.17, 15) is 4.79 Å². The van der Waals surface area contributed by atoms with Gasteiger partial charge in [0.05, 0.1) is 24.3 Å². The van der Waals surface area contributed by atoms with E-state index in [-0.39, 0.29) is 29.2 Å². The molecule has 164 valence electrons. The van der Waals surface area contributed by atoms with Crippen molar-refractivity contribution in [1.29, 1.82) is 0 Å². The quantitative estimate of drug-likeness (QED) is 0.524. The van der Waals surface area contributed by atoms with Crippen LogP contribution in [0.4, 0.5) is 22.2 Å². The molecule has 3 atom stereocenters. The second-order valence-corrected chi connectivity index (χ2v) is 10.1. The van der Waals surface area contributed by atoms with Crippen molar-refractivity contribution in [2.24, 2.45) is 0 Å². The fraction of sp³-hybridized carbons (Fsp3) is 0.545. The highest BCUT2D eigenvalue weighted by Crippen LogP contribution is 2.53. The third kappa shape index (κ3) is 3.17. The van der Waals surface area contributed by atoms with Crippen molar-refractivity contribution in [3.8, 4) is 0 Å². The summed E-state index contributed by atoms with van der Waals surface area (Å²) in [5.74, 6) is 2.23. The first-order valence-corrected chi connectivity index (χ1v) is 11.7. The fourth-order valence-corrected chi connectivity index (χ4v) is 5.13. The van der Waals surface area contributed by atoms with Crippen molar-refractivity contribution in [3.63, 3.8) is 0 Å². The molecule has 0 saturated carbocycles. The summed E-state index contributed by atoms with van der Waals surface area (Å²) in [7, 11) is 0. The number of cyclic esters (lactones) is 1. The van der Waals surface area contributed by atoms with Crippen LogP contribution in [-0.2, 0) is 14.9 Å². The number of hydrogen-bond donors (Lipinski definition) is 0. The van der Waals surface area contributed by atoms with E-state index in [4.69, 9.17) is 19.4 Å². The van der Waals surface area contributed by atoms with E-state index in [1.165, 1.54) is 11.8 Å². The summed E-state index contributed by atoms with van der Waals surface area (Å²) in [6.45, 7) is 9.38.